The van der Waals surface area contributed by atoms with Crippen LogP contribution in [0.15, 0.2) is 11.2 Å². The Bertz CT molecular complexity index is 471. The molecule has 0 amide bonds. The Morgan fingerprint density at radius 1 is 1.25 bits per heavy atom. The van der Waals surface area contributed by atoms with Gasteiger partial charge >= 0.3 is 0 Å². The molecule has 7 heteroatoms. The van der Waals surface area contributed by atoms with Gasteiger partial charge in [-0.25, -0.2) is 4.98 Å². The molecule has 5 nitrogen and oxygen atoms in total. The van der Waals surface area contributed by atoms with Crippen molar-refractivity contribution < 1.29 is 0 Å². The topological polar surface area (TPSA) is 52.6 Å². The lowest BCUT2D eigenvalue weighted by molar-refractivity contribution is 0.200. The number of hydrogen-bond acceptors (Lipinski definition) is 4. The number of likely N-dealkylation sites (N-methyl/N-ethyl adjacent to an activating group) is 1. The highest BCUT2D eigenvalue weighted by Crippen LogP contribution is 2.16. The quantitative estimate of drug-likeness (QED) is 0.332. The molecule has 0 fully saturated rings. The Labute approximate surface area is 168 Å². The van der Waals surface area contributed by atoms with E-state index >= 15 is 0 Å². The Morgan fingerprint density at radius 2 is 1.92 bits per heavy atom. The molecule has 0 saturated carbocycles. The monoisotopic (exact) mass is 467 g/mol. The van der Waals surface area contributed by atoms with Crippen LogP contribution in [0.3, 0.4) is 0 Å². The van der Waals surface area contributed by atoms with Crippen LogP contribution in [0.25, 0.3) is 0 Å². The van der Waals surface area contributed by atoms with Crippen molar-refractivity contribution in [2.75, 3.05) is 27.7 Å². The van der Waals surface area contributed by atoms with Gasteiger partial charge < -0.3 is 15.5 Å². The van der Waals surface area contributed by atoms with Crippen LogP contribution in [0.2, 0.25) is 0 Å². The molecule has 1 heterocycles. The van der Waals surface area contributed by atoms with Crippen LogP contribution in [-0.2, 0) is 13.0 Å². The van der Waals surface area contributed by atoms with Crippen molar-refractivity contribution in [3.8, 4) is 0 Å². The largest absolute Gasteiger partial charge is 0.355 e. The van der Waals surface area contributed by atoms with Crippen molar-refractivity contribution in [3.05, 3.63) is 16.1 Å². The second kappa shape index (κ2) is 12.9. The highest BCUT2D eigenvalue weighted by Gasteiger charge is 2.20. The van der Waals surface area contributed by atoms with E-state index < -0.39 is 0 Å². The summed E-state index contributed by atoms with van der Waals surface area (Å²) in [7, 11) is 6.13. The van der Waals surface area contributed by atoms with Crippen molar-refractivity contribution in [2.45, 2.75) is 52.6 Å². The van der Waals surface area contributed by atoms with E-state index in [2.05, 4.69) is 60.4 Å². The van der Waals surface area contributed by atoms with Gasteiger partial charge in [0.15, 0.2) is 5.96 Å². The molecule has 0 aliphatic rings. The number of aromatic nitrogens is 1. The predicted molar refractivity (Wildman–Crippen MR) is 117 cm³/mol. The Balaban J connectivity index is 0.00000529. The Hall–Kier alpha value is -0.410. The Morgan fingerprint density at radius 3 is 2.38 bits per heavy atom. The minimum absolute atomic E-state index is 0. The molecule has 1 rings (SSSR count). The van der Waals surface area contributed by atoms with Crippen molar-refractivity contribution in [2.24, 2.45) is 10.9 Å². The third-order valence-corrected chi connectivity index (χ3v) is 5.46. The zero-order valence-electron chi connectivity index (χ0n) is 15.9. The molecule has 0 aliphatic carbocycles. The summed E-state index contributed by atoms with van der Waals surface area (Å²) in [4.78, 5) is 12.4. The van der Waals surface area contributed by atoms with Crippen LogP contribution in [0, 0.1) is 5.92 Å². The summed E-state index contributed by atoms with van der Waals surface area (Å²) in [5, 5.41) is 7.93. The smallest absolute Gasteiger partial charge is 0.191 e. The van der Waals surface area contributed by atoms with Crippen LogP contribution in [-0.4, -0.2) is 49.6 Å². The number of hydrogen-bond donors (Lipinski definition) is 2. The molecule has 0 bridgehead atoms. The summed E-state index contributed by atoms with van der Waals surface area (Å²) in [6.07, 6.45) is 5.41. The predicted octanol–water partition coefficient (Wildman–Crippen LogP) is 3.35. The molecule has 0 radical (unpaired) electrons. The summed E-state index contributed by atoms with van der Waals surface area (Å²) >= 11 is 1.76. The minimum atomic E-state index is 0. The fraction of sp³-hybridized carbons (Fsp3) is 0.765. The van der Waals surface area contributed by atoms with Gasteiger partial charge in [0.1, 0.15) is 5.01 Å². The third-order valence-electron chi connectivity index (χ3n) is 4.32. The van der Waals surface area contributed by atoms with Gasteiger partial charge in [0.2, 0.25) is 0 Å². The summed E-state index contributed by atoms with van der Waals surface area (Å²) < 4.78 is 0. The number of aryl methyl sites for hydroxylation is 1. The van der Waals surface area contributed by atoms with Gasteiger partial charge in [-0.3, -0.25) is 4.99 Å². The lowest BCUT2D eigenvalue weighted by Gasteiger charge is -2.32. The highest BCUT2D eigenvalue weighted by molar-refractivity contribution is 14.0. The zero-order chi connectivity index (χ0) is 17.2. The summed E-state index contributed by atoms with van der Waals surface area (Å²) in [5.41, 5.74) is 0. The number of thiazole rings is 1. The van der Waals surface area contributed by atoms with Gasteiger partial charge in [-0.05, 0) is 26.4 Å². The first-order valence-corrected chi connectivity index (χ1v) is 9.41. The van der Waals surface area contributed by atoms with Gasteiger partial charge in [0, 0.05) is 30.7 Å². The fourth-order valence-electron chi connectivity index (χ4n) is 2.78. The molecule has 1 atom stereocenters. The van der Waals surface area contributed by atoms with Crippen LogP contribution < -0.4 is 10.6 Å². The maximum Gasteiger partial charge on any atom is 0.191 e. The van der Waals surface area contributed by atoms with E-state index in [1.54, 1.807) is 11.3 Å². The van der Waals surface area contributed by atoms with Crippen molar-refractivity contribution in [1.29, 1.82) is 0 Å². The molecule has 140 valence electrons. The average molecular weight is 467 g/mol. The number of nitrogens with one attached hydrogen (secondary N) is 2. The molecule has 24 heavy (non-hydrogen) atoms. The van der Waals surface area contributed by atoms with Gasteiger partial charge in [-0.1, -0.05) is 33.6 Å². The molecule has 0 spiro atoms. The van der Waals surface area contributed by atoms with E-state index in [0.29, 0.717) is 12.0 Å². The zero-order valence-corrected chi connectivity index (χ0v) is 19.1. The summed E-state index contributed by atoms with van der Waals surface area (Å²) in [6, 6.07) is 0.509. The summed E-state index contributed by atoms with van der Waals surface area (Å²) in [5.74, 6) is 1.54. The number of aliphatic imine (C=N–C) groups is 1. The SMILES string of the molecule is CCc1cnc(CNC(=NC)NCC(C(CC)CC)N(C)C)s1.I. The van der Waals surface area contributed by atoms with Crippen LogP contribution in [0.5, 0.6) is 0 Å². The second-order valence-electron chi connectivity index (χ2n) is 5.99. The van der Waals surface area contributed by atoms with Crippen molar-refractivity contribution in [1.82, 2.24) is 20.5 Å². The number of rotatable bonds is 9. The van der Waals surface area contributed by atoms with Gasteiger partial charge in [0.25, 0.3) is 0 Å². The standard InChI is InChI=1S/C17H33N5S.HI/c1-7-13(8-2)15(22(5)6)11-20-17(18-4)21-12-16-19-10-14(9-3)23-16;/h10,13,15H,7-9,11-12H2,1-6H3,(H2,18,20,21);1H. The summed E-state index contributed by atoms with van der Waals surface area (Å²) in [6.45, 7) is 8.32. The maximum absolute atomic E-state index is 4.44. The lowest BCUT2D eigenvalue weighted by Crippen LogP contribution is -2.47. The molecule has 1 aromatic heterocycles. The average Bonchev–Trinajstić information content (AvgIpc) is 3.01. The van der Waals surface area contributed by atoms with Gasteiger partial charge in [-0.2, -0.15) is 0 Å². The highest BCUT2D eigenvalue weighted by atomic mass is 127. The van der Waals surface area contributed by atoms with E-state index in [0.717, 1.165) is 30.5 Å². The minimum Gasteiger partial charge on any atom is -0.355 e. The van der Waals surface area contributed by atoms with E-state index in [4.69, 9.17) is 0 Å². The normalized spacial score (nSPS) is 13.1. The number of nitrogens with zero attached hydrogens (tertiary/aromatic N) is 3. The van der Waals surface area contributed by atoms with Gasteiger partial charge in [-0.15, -0.1) is 35.3 Å². The van der Waals surface area contributed by atoms with Gasteiger partial charge in [0.05, 0.1) is 6.54 Å². The third kappa shape index (κ3) is 7.65. The number of guanidine groups is 1. The van der Waals surface area contributed by atoms with Crippen LogP contribution in [0.4, 0.5) is 0 Å². The second-order valence-corrected chi connectivity index (χ2v) is 7.19. The molecule has 1 unspecified atom stereocenters. The molecular formula is C17H34IN5S. The van der Waals surface area contributed by atoms with E-state index in [9.17, 15) is 0 Å². The Kier molecular flexibility index (Phi) is 12.7. The molecule has 0 aliphatic heterocycles. The van der Waals surface area contributed by atoms with E-state index in [1.807, 2.05) is 13.2 Å². The van der Waals surface area contributed by atoms with E-state index in [-0.39, 0.29) is 24.0 Å². The first kappa shape index (κ1) is 23.6. The van der Waals surface area contributed by atoms with Crippen LogP contribution in [0.1, 0.15) is 43.5 Å². The molecule has 0 aromatic carbocycles. The first-order chi connectivity index (χ1) is 11.0. The molecule has 1 aromatic rings. The maximum atomic E-state index is 4.44. The molecule has 0 saturated heterocycles. The first-order valence-electron chi connectivity index (χ1n) is 8.60. The van der Waals surface area contributed by atoms with Crippen molar-refractivity contribution in [3.63, 3.8) is 0 Å². The fourth-order valence-corrected chi connectivity index (χ4v) is 3.58. The van der Waals surface area contributed by atoms with Crippen LogP contribution >= 0.6 is 35.3 Å². The lowest BCUT2D eigenvalue weighted by atomic mass is 9.93. The molecular weight excluding hydrogens is 433 g/mol. The van der Waals surface area contributed by atoms with E-state index in [1.165, 1.54) is 17.7 Å². The number of halogens is 1. The molecule has 2 N–H and O–H groups in total. The van der Waals surface area contributed by atoms with Crippen molar-refractivity contribution >= 4 is 41.3 Å².